The zero-order valence-corrected chi connectivity index (χ0v) is 20.7. The van der Waals surface area contributed by atoms with Crippen LogP contribution in [0.25, 0.3) is 16.6 Å². The van der Waals surface area contributed by atoms with Crippen molar-refractivity contribution in [3.05, 3.63) is 75.1 Å². The molecule has 0 unspecified atom stereocenters. The summed E-state index contributed by atoms with van der Waals surface area (Å²) in [5.74, 6) is 7.14. The van der Waals surface area contributed by atoms with Crippen molar-refractivity contribution in [1.29, 1.82) is 0 Å². The number of carbonyl (C=O) groups excluding carboxylic acids is 1. The van der Waals surface area contributed by atoms with Crippen LogP contribution in [0.3, 0.4) is 0 Å². The second kappa shape index (κ2) is 10.0. The Morgan fingerprint density at radius 2 is 1.94 bits per heavy atom. The van der Waals surface area contributed by atoms with Crippen LogP contribution in [0.2, 0.25) is 0 Å². The van der Waals surface area contributed by atoms with E-state index >= 15 is 0 Å². The van der Waals surface area contributed by atoms with Gasteiger partial charge in [-0.3, -0.25) is 0 Å². The van der Waals surface area contributed by atoms with E-state index in [1.807, 2.05) is 54.9 Å². The highest BCUT2D eigenvalue weighted by Gasteiger charge is 2.16. The van der Waals surface area contributed by atoms with Gasteiger partial charge in [-0.1, -0.05) is 18.8 Å². The number of hydrogen-bond donors (Lipinski definition) is 0. The Labute approximate surface area is 206 Å². The Bertz CT molecular complexity index is 1380. The van der Waals surface area contributed by atoms with Crippen molar-refractivity contribution in [2.24, 2.45) is 0 Å². The smallest absolute Gasteiger partial charge is 0.338 e. The number of halogens is 1. The SMILES string of the molecule is CCC#Cc1cc2c(C)nn(-c3ccc(C(=O)OCC)cc3)c2cc1Oc1ncccc1I. The molecule has 0 fully saturated rings. The minimum absolute atomic E-state index is 0.338. The lowest BCUT2D eigenvalue weighted by Gasteiger charge is -2.10. The van der Waals surface area contributed by atoms with Gasteiger partial charge in [0.25, 0.3) is 0 Å². The number of pyridine rings is 1. The molecular weight excluding hydrogens is 529 g/mol. The molecule has 0 atom stereocenters. The molecule has 6 nitrogen and oxygen atoms in total. The fraction of sp³-hybridized carbons (Fsp3) is 0.192. The molecule has 33 heavy (non-hydrogen) atoms. The van der Waals surface area contributed by atoms with E-state index < -0.39 is 0 Å². The summed E-state index contributed by atoms with van der Waals surface area (Å²) in [4.78, 5) is 16.4. The summed E-state index contributed by atoms with van der Waals surface area (Å²) in [6, 6.07) is 15.0. The van der Waals surface area contributed by atoms with E-state index in [2.05, 4.69) is 39.4 Å². The van der Waals surface area contributed by atoms with Crippen molar-refractivity contribution in [2.45, 2.75) is 27.2 Å². The number of hydrogen-bond acceptors (Lipinski definition) is 5. The molecule has 0 saturated heterocycles. The van der Waals surface area contributed by atoms with Gasteiger partial charge in [-0.05, 0) is 78.9 Å². The van der Waals surface area contributed by atoms with Gasteiger partial charge >= 0.3 is 5.97 Å². The van der Waals surface area contributed by atoms with Crippen LogP contribution in [0.5, 0.6) is 11.6 Å². The van der Waals surface area contributed by atoms with E-state index in [-0.39, 0.29) is 5.97 Å². The Balaban J connectivity index is 1.82. The molecule has 4 aromatic rings. The fourth-order valence-electron chi connectivity index (χ4n) is 3.36. The predicted molar refractivity (Wildman–Crippen MR) is 136 cm³/mol. The van der Waals surface area contributed by atoms with Gasteiger partial charge < -0.3 is 9.47 Å². The topological polar surface area (TPSA) is 66.2 Å². The lowest BCUT2D eigenvalue weighted by molar-refractivity contribution is 0.0526. The van der Waals surface area contributed by atoms with Crippen LogP contribution in [0.15, 0.2) is 54.7 Å². The number of ether oxygens (including phenoxy) is 2. The van der Waals surface area contributed by atoms with Crippen LogP contribution >= 0.6 is 22.6 Å². The molecule has 0 radical (unpaired) electrons. The molecule has 2 aromatic carbocycles. The summed E-state index contributed by atoms with van der Waals surface area (Å²) < 4.78 is 14.0. The number of esters is 1. The average Bonchev–Trinajstić information content (AvgIpc) is 3.14. The standard InChI is InChI=1S/C26H22IN3O3/c1-4-6-8-19-15-21-17(3)29-30(20-12-10-18(11-13-20)26(31)32-5-2)23(21)16-24(19)33-25-22(27)9-7-14-28-25/h7,9-16H,4-5H2,1-3H3. The maximum absolute atomic E-state index is 12.0. The highest BCUT2D eigenvalue weighted by Crippen LogP contribution is 2.33. The van der Waals surface area contributed by atoms with Crippen molar-refractivity contribution >= 4 is 39.5 Å². The van der Waals surface area contributed by atoms with Gasteiger partial charge in [0, 0.05) is 24.1 Å². The third kappa shape index (κ3) is 4.86. The maximum atomic E-state index is 12.0. The number of aromatic nitrogens is 3. The molecule has 0 bridgehead atoms. The predicted octanol–water partition coefficient (Wildman–Crippen LogP) is 6.06. The van der Waals surface area contributed by atoms with Gasteiger partial charge in [0.05, 0.1) is 38.2 Å². The third-order valence-corrected chi connectivity index (χ3v) is 5.74. The molecule has 0 aliphatic heterocycles. The number of rotatable bonds is 5. The summed E-state index contributed by atoms with van der Waals surface area (Å²) >= 11 is 2.20. The minimum Gasteiger partial charge on any atom is -0.462 e. The molecule has 0 N–H and O–H groups in total. The number of fused-ring (bicyclic) bond motifs is 1. The molecule has 0 spiro atoms. The zero-order chi connectivity index (χ0) is 23.4. The van der Waals surface area contributed by atoms with Gasteiger partial charge in [-0.2, -0.15) is 5.10 Å². The molecule has 0 saturated carbocycles. The highest BCUT2D eigenvalue weighted by atomic mass is 127. The Hall–Kier alpha value is -3.38. The Morgan fingerprint density at radius 1 is 1.15 bits per heavy atom. The highest BCUT2D eigenvalue weighted by molar-refractivity contribution is 14.1. The molecule has 0 aliphatic carbocycles. The molecular formula is C26H22IN3O3. The third-order valence-electron chi connectivity index (χ3n) is 4.92. The molecule has 0 amide bonds. The monoisotopic (exact) mass is 551 g/mol. The van der Waals surface area contributed by atoms with Crippen LogP contribution in [0, 0.1) is 22.3 Å². The largest absolute Gasteiger partial charge is 0.462 e. The number of nitrogens with zero attached hydrogens (tertiary/aromatic N) is 3. The summed E-state index contributed by atoms with van der Waals surface area (Å²) in [7, 11) is 0. The number of benzene rings is 2. The van der Waals surface area contributed by atoms with Gasteiger partial charge in [-0.15, -0.1) is 0 Å². The van der Waals surface area contributed by atoms with Gasteiger partial charge in [0.15, 0.2) is 0 Å². The van der Waals surface area contributed by atoms with Gasteiger partial charge in [0.2, 0.25) is 5.88 Å². The van der Waals surface area contributed by atoms with Crippen LogP contribution < -0.4 is 4.74 Å². The summed E-state index contributed by atoms with van der Waals surface area (Å²) in [5.41, 5.74) is 3.86. The first-order chi connectivity index (χ1) is 16.0. The summed E-state index contributed by atoms with van der Waals surface area (Å²) in [5, 5.41) is 5.72. The zero-order valence-electron chi connectivity index (χ0n) is 18.6. The molecule has 4 rings (SSSR count). The average molecular weight is 551 g/mol. The van der Waals surface area contributed by atoms with E-state index in [1.165, 1.54) is 0 Å². The Kier molecular flexibility index (Phi) is 6.94. The van der Waals surface area contributed by atoms with Crippen LogP contribution in [0.1, 0.15) is 41.9 Å². The number of aryl methyl sites for hydroxylation is 1. The number of carbonyl (C=O) groups is 1. The molecule has 166 valence electrons. The first-order valence-corrected chi connectivity index (χ1v) is 11.7. The minimum atomic E-state index is -0.342. The molecule has 0 aliphatic rings. The quantitative estimate of drug-likeness (QED) is 0.171. The van der Waals surface area contributed by atoms with Gasteiger partial charge in [-0.25, -0.2) is 14.5 Å². The first kappa shape index (κ1) is 22.8. The van der Waals surface area contributed by atoms with Crippen molar-refractivity contribution in [2.75, 3.05) is 6.61 Å². The van der Waals surface area contributed by atoms with E-state index in [9.17, 15) is 4.79 Å². The van der Waals surface area contributed by atoms with Crippen molar-refractivity contribution in [3.8, 4) is 29.2 Å². The summed E-state index contributed by atoms with van der Waals surface area (Å²) in [6.45, 7) is 6.10. The maximum Gasteiger partial charge on any atom is 0.338 e. The molecule has 2 heterocycles. The Morgan fingerprint density at radius 3 is 2.64 bits per heavy atom. The van der Waals surface area contributed by atoms with E-state index in [4.69, 9.17) is 14.6 Å². The first-order valence-electron chi connectivity index (χ1n) is 10.6. The van der Waals surface area contributed by atoms with Crippen LogP contribution in [-0.4, -0.2) is 27.3 Å². The fourth-order valence-corrected chi connectivity index (χ4v) is 3.81. The summed E-state index contributed by atoms with van der Waals surface area (Å²) in [6.07, 6.45) is 2.44. The van der Waals surface area contributed by atoms with E-state index in [0.717, 1.165) is 37.8 Å². The van der Waals surface area contributed by atoms with Crippen molar-refractivity contribution in [3.63, 3.8) is 0 Å². The molecule has 7 heteroatoms. The van der Waals surface area contributed by atoms with Crippen LogP contribution in [-0.2, 0) is 4.74 Å². The second-order valence-corrected chi connectivity index (χ2v) is 8.34. The lowest BCUT2D eigenvalue weighted by atomic mass is 10.1. The second-order valence-electron chi connectivity index (χ2n) is 7.18. The lowest BCUT2D eigenvalue weighted by Crippen LogP contribution is -2.05. The normalized spacial score (nSPS) is 10.5. The van der Waals surface area contributed by atoms with E-state index in [0.29, 0.717) is 23.8 Å². The molecule has 2 aromatic heterocycles. The van der Waals surface area contributed by atoms with Crippen molar-refractivity contribution in [1.82, 2.24) is 14.8 Å². The van der Waals surface area contributed by atoms with E-state index in [1.54, 1.807) is 25.3 Å². The van der Waals surface area contributed by atoms with Crippen LogP contribution in [0.4, 0.5) is 0 Å². The van der Waals surface area contributed by atoms with Crippen molar-refractivity contribution < 1.29 is 14.3 Å². The van der Waals surface area contributed by atoms with Gasteiger partial charge in [0.1, 0.15) is 5.75 Å².